The summed E-state index contributed by atoms with van der Waals surface area (Å²) in [6, 6.07) is 13.4. The molecule has 118 valence electrons. The zero-order valence-corrected chi connectivity index (χ0v) is 14.3. The maximum Gasteiger partial charge on any atom is 0.264 e. The lowest BCUT2D eigenvalue weighted by Crippen LogP contribution is -1.97. The Morgan fingerprint density at radius 2 is 1.96 bits per heavy atom. The lowest BCUT2D eigenvalue weighted by Gasteiger charge is -2.06. The fourth-order valence-electron chi connectivity index (χ4n) is 2.11. The van der Waals surface area contributed by atoms with Gasteiger partial charge >= 0.3 is 0 Å². The predicted octanol–water partition coefficient (Wildman–Crippen LogP) is 4.40. The fraction of sp³-hybridized carbons (Fsp3) is 0.176. The van der Waals surface area contributed by atoms with Crippen LogP contribution in [0.5, 0.6) is 11.5 Å². The molecule has 0 radical (unpaired) electrons. The third-order valence-electron chi connectivity index (χ3n) is 3.25. The highest BCUT2D eigenvalue weighted by molar-refractivity contribution is 9.10. The van der Waals surface area contributed by atoms with Crippen LogP contribution in [0.15, 0.2) is 51.5 Å². The highest BCUT2D eigenvalue weighted by atomic mass is 79.9. The van der Waals surface area contributed by atoms with Gasteiger partial charge in [-0.15, -0.1) is 0 Å². The molecule has 0 atom stereocenters. The smallest absolute Gasteiger partial charge is 0.264 e. The number of nitrogens with zero attached hydrogens (tertiary/aromatic N) is 2. The molecular weight excluding hydrogens is 360 g/mol. The van der Waals surface area contributed by atoms with Crippen LogP contribution in [0.1, 0.15) is 11.5 Å². The highest BCUT2D eigenvalue weighted by Crippen LogP contribution is 2.28. The Morgan fingerprint density at radius 3 is 2.74 bits per heavy atom. The zero-order valence-electron chi connectivity index (χ0n) is 12.7. The van der Waals surface area contributed by atoms with Crippen LogP contribution < -0.4 is 9.47 Å². The quantitative estimate of drug-likeness (QED) is 0.662. The molecule has 3 rings (SSSR count). The molecule has 2 aromatic carbocycles. The molecule has 0 saturated heterocycles. The third kappa shape index (κ3) is 3.53. The average Bonchev–Trinajstić information content (AvgIpc) is 3.03. The van der Waals surface area contributed by atoms with Crippen LogP contribution in [-0.2, 0) is 6.61 Å². The van der Waals surface area contributed by atoms with E-state index in [1.807, 2.05) is 49.4 Å². The van der Waals surface area contributed by atoms with Crippen LogP contribution in [-0.4, -0.2) is 17.3 Å². The van der Waals surface area contributed by atoms with Crippen LogP contribution in [0.4, 0.5) is 0 Å². The molecule has 0 saturated carbocycles. The summed E-state index contributed by atoms with van der Waals surface area (Å²) in [6.45, 7) is 2.22. The number of ether oxygens (including phenoxy) is 2. The molecule has 0 aliphatic heterocycles. The van der Waals surface area contributed by atoms with Crippen molar-refractivity contribution in [2.24, 2.45) is 0 Å². The Hall–Kier alpha value is -2.34. The van der Waals surface area contributed by atoms with E-state index in [1.54, 1.807) is 7.11 Å². The summed E-state index contributed by atoms with van der Waals surface area (Å²) in [7, 11) is 1.61. The third-order valence-corrected chi connectivity index (χ3v) is 3.87. The first-order chi connectivity index (χ1) is 11.2. The molecule has 1 heterocycles. The van der Waals surface area contributed by atoms with Gasteiger partial charge < -0.3 is 14.0 Å². The van der Waals surface area contributed by atoms with E-state index < -0.39 is 0 Å². The van der Waals surface area contributed by atoms with E-state index in [0.717, 1.165) is 21.3 Å². The molecule has 6 heteroatoms. The van der Waals surface area contributed by atoms with Crippen molar-refractivity contribution in [3.05, 3.63) is 58.4 Å². The number of methoxy groups -OCH3 is 1. The molecular formula is C17H15BrN2O3. The number of aromatic nitrogens is 2. The van der Waals surface area contributed by atoms with Crippen LogP contribution in [0.25, 0.3) is 11.4 Å². The Balaban J connectivity index is 1.75. The van der Waals surface area contributed by atoms with Crippen molar-refractivity contribution in [3.63, 3.8) is 0 Å². The maximum atomic E-state index is 5.71. The van der Waals surface area contributed by atoms with Gasteiger partial charge in [0.05, 0.1) is 17.1 Å². The van der Waals surface area contributed by atoms with E-state index >= 15 is 0 Å². The number of hydrogen-bond acceptors (Lipinski definition) is 5. The van der Waals surface area contributed by atoms with E-state index in [1.165, 1.54) is 0 Å². The van der Waals surface area contributed by atoms with Crippen LogP contribution in [0, 0.1) is 6.92 Å². The second-order valence-electron chi connectivity index (χ2n) is 4.93. The molecule has 0 unspecified atom stereocenters. The maximum absolute atomic E-state index is 5.71. The van der Waals surface area contributed by atoms with Gasteiger partial charge in [-0.05, 0) is 52.7 Å². The largest absolute Gasteiger partial charge is 0.496 e. The molecule has 0 N–H and O–H groups in total. The molecule has 0 bridgehead atoms. The van der Waals surface area contributed by atoms with Crippen molar-refractivity contribution in [2.75, 3.05) is 7.11 Å². The topological polar surface area (TPSA) is 57.4 Å². The summed E-state index contributed by atoms with van der Waals surface area (Å²) >= 11 is 3.47. The molecule has 3 aromatic rings. The van der Waals surface area contributed by atoms with Crippen molar-refractivity contribution in [2.45, 2.75) is 13.5 Å². The molecule has 1 aromatic heterocycles. The molecule has 0 amide bonds. The first-order valence-corrected chi connectivity index (χ1v) is 7.81. The first kappa shape index (κ1) is 15.6. The summed E-state index contributed by atoms with van der Waals surface area (Å²) < 4.78 is 17.2. The van der Waals surface area contributed by atoms with Gasteiger partial charge in [0, 0.05) is 0 Å². The second kappa shape index (κ2) is 6.83. The number of para-hydroxylation sites is 1. The van der Waals surface area contributed by atoms with E-state index in [0.29, 0.717) is 17.5 Å². The second-order valence-corrected chi connectivity index (χ2v) is 5.79. The summed E-state index contributed by atoms with van der Waals surface area (Å²) in [5, 5.41) is 3.99. The van der Waals surface area contributed by atoms with Gasteiger partial charge in [0.2, 0.25) is 5.82 Å². The van der Waals surface area contributed by atoms with Crippen LogP contribution in [0.3, 0.4) is 0 Å². The Labute approximate surface area is 142 Å². The van der Waals surface area contributed by atoms with Gasteiger partial charge in [-0.2, -0.15) is 4.98 Å². The number of rotatable bonds is 5. The molecule has 0 aliphatic rings. The monoisotopic (exact) mass is 374 g/mol. The summed E-state index contributed by atoms with van der Waals surface area (Å²) in [5.74, 6) is 2.30. The van der Waals surface area contributed by atoms with Gasteiger partial charge in [-0.1, -0.05) is 23.4 Å². The summed E-state index contributed by atoms with van der Waals surface area (Å²) in [5.41, 5.74) is 1.93. The van der Waals surface area contributed by atoms with E-state index in [-0.39, 0.29) is 6.61 Å². The van der Waals surface area contributed by atoms with E-state index in [4.69, 9.17) is 14.0 Å². The first-order valence-electron chi connectivity index (χ1n) is 7.02. The molecule has 5 nitrogen and oxygen atoms in total. The Morgan fingerprint density at radius 1 is 1.13 bits per heavy atom. The lowest BCUT2D eigenvalue weighted by atomic mass is 10.2. The SMILES string of the molecule is COc1ccccc1-c1noc(COc2ccc(C)cc2Br)n1. The van der Waals surface area contributed by atoms with Gasteiger partial charge in [0.15, 0.2) is 6.61 Å². The predicted molar refractivity (Wildman–Crippen MR) is 89.5 cm³/mol. The standard InChI is InChI=1S/C17H15BrN2O3/c1-11-7-8-15(13(18)9-11)22-10-16-19-17(20-23-16)12-5-3-4-6-14(12)21-2/h3-9H,10H2,1-2H3. The van der Waals surface area contributed by atoms with Crippen LogP contribution >= 0.6 is 15.9 Å². The van der Waals surface area contributed by atoms with E-state index in [9.17, 15) is 0 Å². The van der Waals surface area contributed by atoms with Gasteiger partial charge in [-0.3, -0.25) is 0 Å². The lowest BCUT2D eigenvalue weighted by molar-refractivity contribution is 0.241. The van der Waals surface area contributed by atoms with Crippen molar-refractivity contribution in [3.8, 4) is 22.9 Å². The minimum Gasteiger partial charge on any atom is -0.496 e. The molecule has 0 fully saturated rings. The number of hydrogen-bond donors (Lipinski definition) is 0. The van der Waals surface area contributed by atoms with Crippen molar-refractivity contribution in [1.29, 1.82) is 0 Å². The Kier molecular flexibility index (Phi) is 4.62. The van der Waals surface area contributed by atoms with Crippen molar-refractivity contribution >= 4 is 15.9 Å². The number of halogens is 1. The molecule has 0 aliphatic carbocycles. The summed E-state index contributed by atoms with van der Waals surface area (Å²) in [4.78, 5) is 4.35. The normalized spacial score (nSPS) is 10.6. The van der Waals surface area contributed by atoms with Gasteiger partial charge in [-0.25, -0.2) is 0 Å². The zero-order chi connectivity index (χ0) is 16.2. The van der Waals surface area contributed by atoms with E-state index in [2.05, 4.69) is 26.1 Å². The molecule has 0 spiro atoms. The van der Waals surface area contributed by atoms with Crippen molar-refractivity contribution in [1.82, 2.24) is 10.1 Å². The highest BCUT2D eigenvalue weighted by Gasteiger charge is 2.13. The molecule has 23 heavy (non-hydrogen) atoms. The van der Waals surface area contributed by atoms with Gasteiger partial charge in [0.25, 0.3) is 5.89 Å². The van der Waals surface area contributed by atoms with Crippen LogP contribution in [0.2, 0.25) is 0 Å². The summed E-state index contributed by atoms with van der Waals surface area (Å²) in [6.07, 6.45) is 0. The van der Waals surface area contributed by atoms with Gasteiger partial charge in [0.1, 0.15) is 11.5 Å². The Bertz CT molecular complexity index is 817. The average molecular weight is 375 g/mol. The minimum absolute atomic E-state index is 0.198. The number of aryl methyl sites for hydroxylation is 1. The fourth-order valence-corrected chi connectivity index (χ4v) is 2.72. The minimum atomic E-state index is 0.198. The number of benzene rings is 2. The van der Waals surface area contributed by atoms with Crippen molar-refractivity contribution < 1.29 is 14.0 Å².